The monoisotopic (exact) mass is 233 g/mol. The Morgan fingerprint density at radius 1 is 1.41 bits per heavy atom. The lowest BCUT2D eigenvalue weighted by Gasteiger charge is -2.18. The van der Waals surface area contributed by atoms with Gasteiger partial charge in [0.25, 0.3) is 0 Å². The summed E-state index contributed by atoms with van der Waals surface area (Å²) in [5.41, 5.74) is 1.03. The van der Waals surface area contributed by atoms with E-state index in [1.165, 1.54) is 0 Å². The van der Waals surface area contributed by atoms with Crippen LogP contribution in [0.2, 0.25) is 0 Å². The third kappa shape index (κ3) is 4.25. The average molecular weight is 233 g/mol. The number of hydrogen-bond donors (Lipinski definition) is 1. The largest absolute Gasteiger partial charge is 0.504 e. The molecule has 0 saturated carbocycles. The Morgan fingerprint density at radius 3 is 2.59 bits per heavy atom. The van der Waals surface area contributed by atoms with E-state index in [0.29, 0.717) is 6.61 Å². The number of aliphatic hydroxyl groups is 1. The molecule has 4 nitrogen and oxygen atoms in total. The van der Waals surface area contributed by atoms with Crippen molar-refractivity contribution in [3.63, 3.8) is 0 Å². The minimum atomic E-state index is -0.467. The lowest BCUT2D eigenvalue weighted by atomic mass is 10.1. The van der Waals surface area contributed by atoms with E-state index in [9.17, 15) is 5.11 Å². The summed E-state index contributed by atoms with van der Waals surface area (Å²) in [7, 11) is 0. The van der Waals surface area contributed by atoms with Gasteiger partial charge in [-0.25, -0.2) is 0 Å². The van der Waals surface area contributed by atoms with E-state index in [4.69, 9.17) is 10.1 Å². The summed E-state index contributed by atoms with van der Waals surface area (Å²) in [5, 5.41) is 18.0. The summed E-state index contributed by atoms with van der Waals surface area (Å²) >= 11 is 0. The van der Waals surface area contributed by atoms with Crippen molar-refractivity contribution in [3.05, 3.63) is 52.8 Å². The Balaban J connectivity index is 2.64. The quantitative estimate of drug-likeness (QED) is 0.625. The van der Waals surface area contributed by atoms with Gasteiger partial charge in [0.05, 0.1) is 6.61 Å². The maximum absolute atomic E-state index is 9.64. The van der Waals surface area contributed by atoms with Gasteiger partial charge in [-0.2, -0.15) is 0 Å². The molecule has 1 aromatic rings. The van der Waals surface area contributed by atoms with Gasteiger partial charge in [0.1, 0.15) is 6.10 Å². The van der Waals surface area contributed by atoms with Crippen LogP contribution in [0.1, 0.15) is 19.4 Å². The maximum Gasteiger partial charge on any atom is 0.390 e. The number of rotatable bonds is 5. The fourth-order valence-electron chi connectivity index (χ4n) is 1.51. The minimum absolute atomic E-state index is 0.0709. The zero-order valence-corrected chi connectivity index (χ0v) is 10.1. The highest BCUT2D eigenvalue weighted by Gasteiger charge is 2.21. The molecule has 17 heavy (non-hydrogen) atoms. The van der Waals surface area contributed by atoms with Gasteiger partial charge in [0, 0.05) is 0 Å². The molecular weight excluding hydrogens is 216 g/mol. The highest BCUT2D eigenvalue weighted by molar-refractivity contribution is 5.14. The van der Waals surface area contributed by atoms with Crippen molar-refractivity contribution < 1.29 is 9.84 Å². The molecule has 1 aromatic carbocycles. The van der Waals surface area contributed by atoms with E-state index in [1.54, 1.807) is 0 Å². The summed E-state index contributed by atoms with van der Waals surface area (Å²) in [5.74, 6) is 0.0233. The van der Waals surface area contributed by atoms with Gasteiger partial charge < -0.3 is 9.84 Å². The third-order valence-corrected chi connectivity index (χ3v) is 2.36. The minimum Gasteiger partial charge on any atom is -0.504 e. The molecular formula is C13H17N2O2+. The van der Waals surface area contributed by atoms with Gasteiger partial charge in [-0.05, 0) is 11.5 Å². The molecule has 0 amide bonds. The summed E-state index contributed by atoms with van der Waals surface area (Å²) in [4.78, 5) is 2.80. The molecule has 0 aliphatic heterocycles. The van der Waals surface area contributed by atoms with Crippen molar-refractivity contribution in [1.82, 2.24) is 0 Å². The molecule has 90 valence electrons. The van der Waals surface area contributed by atoms with Crippen LogP contribution in [0.25, 0.3) is 4.98 Å². The van der Waals surface area contributed by atoms with Gasteiger partial charge in [-0.1, -0.05) is 44.2 Å². The van der Waals surface area contributed by atoms with Crippen LogP contribution in [0.4, 0.5) is 0 Å². The lowest BCUT2D eigenvalue weighted by Crippen LogP contribution is -2.22. The van der Waals surface area contributed by atoms with Gasteiger partial charge in [0.15, 0.2) is 4.98 Å². The molecule has 0 radical (unpaired) electrons. The summed E-state index contributed by atoms with van der Waals surface area (Å²) in [6, 6.07) is 9.71. The smallest absolute Gasteiger partial charge is 0.390 e. The number of aliphatic hydroxyl groups excluding tert-OH is 1. The number of nitrogens with zero attached hydrogens (tertiary/aromatic N) is 2. The van der Waals surface area contributed by atoms with E-state index in [-0.39, 0.29) is 11.7 Å². The molecule has 0 unspecified atom stereocenters. The fourth-order valence-corrected chi connectivity index (χ4v) is 1.51. The number of diazo groups is 1. The molecule has 1 N–H and O–H groups in total. The van der Waals surface area contributed by atoms with E-state index in [2.05, 4.69) is 4.98 Å². The predicted octanol–water partition coefficient (Wildman–Crippen LogP) is 3.48. The lowest BCUT2D eigenvalue weighted by molar-refractivity contribution is 0.00956. The van der Waals surface area contributed by atoms with Crippen LogP contribution >= 0.6 is 0 Å². The molecule has 0 spiro atoms. The predicted molar refractivity (Wildman–Crippen MR) is 65.7 cm³/mol. The van der Waals surface area contributed by atoms with Crippen LogP contribution in [0.15, 0.2) is 42.3 Å². The second-order valence-electron chi connectivity index (χ2n) is 4.13. The molecule has 1 atom stereocenters. The van der Waals surface area contributed by atoms with E-state index < -0.39 is 6.10 Å². The van der Waals surface area contributed by atoms with Crippen molar-refractivity contribution in [2.75, 3.05) is 0 Å². The van der Waals surface area contributed by atoms with Crippen molar-refractivity contribution in [1.29, 1.82) is 5.39 Å². The number of ether oxygens (including phenoxy) is 1. The van der Waals surface area contributed by atoms with Crippen molar-refractivity contribution in [3.8, 4) is 0 Å². The van der Waals surface area contributed by atoms with Crippen molar-refractivity contribution >= 4 is 0 Å². The first-order valence-corrected chi connectivity index (χ1v) is 5.54. The standard InChI is InChI=1S/C13H16N2O2/c1-10(2)13(12(16)8-15-14)17-9-11-6-4-3-5-7-11/h3-8,10,13H,9H2,1-2H3/p+1/b12-8-/t13-/m0/s1. The van der Waals surface area contributed by atoms with Crippen molar-refractivity contribution in [2.24, 2.45) is 5.92 Å². The summed E-state index contributed by atoms with van der Waals surface area (Å²) < 4.78 is 5.61. The maximum atomic E-state index is 9.64. The second kappa shape index (κ2) is 6.66. The van der Waals surface area contributed by atoms with Gasteiger partial charge >= 0.3 is 6.20 Å². The normalized spacial score (nSPS) is 13.4. The van der Waals surface area contributed by atoms with Crippen molar-refractivity contribution in [2.45, 2.75) is 26.6 Å². The molecule has 0 bridgehead atoms. The summed E-state index contributed by atoms with van der Waals surface area (Å²) in [6.07, 6.45) is 0.529. The molecule has 4 heteroatoms. The fraction of sp³-hybridized carbons (Fsp3) is 0.385. The molecule has 0 saturated heterocycles. The van der Waals surface area contributed by atoms with E-state index in [0.717, 1.165) is 11.8 Å². The van der Waals surface area contributed by atoms with Crippen LogP contribution < -0.4 is 0 Å². The Morgan fingerprint density at radius 2 is 2.06 bits per heavy atom. The summed E-state index contributed by atoms with van der Waals surface area (Å²) in [6.45, 7) is 4.27. The highest BCUT2D eigenvalue weighted by Crippen LogP contribution is 2.16. The molecule has 0 aromatic heterocycles. The highest BCUT2D eigenvalue weighted by atomic mass is 16.5. The molecule has 0 aliphatic rings. The number of benzene rings is 1. The first-order chi connectivity index (χ1) is 8.15. The van der Waals surface area contributed by atoms with Gasteiger partial charge in [0.2, 0.25) is 11.2 Å². The second-order valence-corrected chi connectivity index (χ2v) is 4.13. The molecule has 0 fully saturated rings. The first-order valence-electron chi connectivity index (χ1n) is 5.54. The Hall–Kier alpha value is -1.86. The average Bonchev–Trinajstić information content (AvgIpc) is 2.30. The molecule has 0 aliphatic carbocycles. The molecule has 1 rings (SSSR count). The topological polar surface area (TPSA) is 57.6 Å². The zero-order chi connectivity index (χ0) is 12.7. The Bertz CT molecular complexity index is 407. The van der Waals surface area contributed by atoms with Crippen LogP contribution in [0.3, 0.4) is 0 Å². The number of hydrogen-bond acceptors (Lipinski definition) is 3. The van der Waals surface area contributed by atoms with Crippen LogP contribution in [-0.4, -0.2) is 11.2 Å². The molecule has 0 heterocycles. The third-order valence-electron chi connectivity index (χ3n) is 2.36. The Kier molecular flexibility index (Phi) is 5.18. The van der Waals surface area contributed by atoms with Gasteiger partial charge in [-0.3, -0.25) is 0 Å². The van der Waals surface area contributed by atoms with Crippen LogP contribution in [-0.2, 0) is 11.3 Å². The zero-order valence-electron chi connectivity index (χ0n) is 10.1. The van der Waals surface area contributed by atoms with Crippen LogP contribution in [0, 0.1) is 11.3 Å². The van der Waals surface area contributed by atoms with Gasteiger partial charge in [-0.15, -0.1) is 0 Å². The van der Waals surface area contributed by atoms with Crippen LogP contribution in [0.5, 0.6) is 0 Å². The van der Waals surface area contributed by atoms with E-state index in [1.807, 2.05) is 44.2 Å². The van der Waals surface area contributed by atoms with E-state index >= 15 is 0 Å². The Labute approximate surface area is 101 Å². The first kappa shape index (κ1) is 13.2. The SMILES string of the molecule is CC(C)[C@H](OCc1ccccc1)/C(O)=C/[N+]#N.